The number of aryl methyl sites for hydroxylation is 3. The molecule has 0 atom stereocenters. The van der Waals surface area contributed by atoms with E-state index in [1.165, 1.54) is 44.6 Å². The van der Waals surface area contributed by atoms with E-state index in [4.69, 9.17) is 4.98 Å². The van der Waals surface area contributed by atoms with Crippen LogP contribution in [-0.4, -0.2) is 4.98 Å². The zero-order chi connectivity index (χ0) is 13.0. The summed E-state index contributed by atoms with van der Waals surface area (Å²) in [5.41, 5.74) is 12.2. The van der Waals surface area contributed by atoms with Crippen LogP contribution >= 0.6 is 0 Å². The lowest BCUT2D eigenvalue weighted by molar-refractivity contribution is 1.05. The molecule has 1 heteroatoms. The highest BCUT2D eigenvalue weighted by atomic mass is 14.7. The van der Waals surface area contributed by atoms with Gasteiger partial charge in [0, 0.05) is 17.7 Å². The van der Waals surface area contributed by atoms with Gasteiger partial charge in [-0.05, 0) is 74.1 Å². The second-order valence-corrected chi connectivity index (χ2v) is 5.54. The van der Waals surface area contributed by atoms with E-state index in [9.17, 15) is 0 Å². The van der Waals surface area contributed by atoms with E-state index < -0.39 is 0 Å². The number of hydrogen-bond donors (Lipinski definition) is 0. The van der Waals surface area contributed by atoms with Crippen LogP contribution in [0.5, 0.6) is 0 Å². The Labute approximate surface area is 109 Å². The Bertz CT molecular complexity index is 666. The van der Waals surface area contributed by atoms with Crippen LogP contribution in [0.3, 0.4) is 0 Å². The highest BCUT2D eigenvalue weighted by Gasteiger charge is 2.23. The van der Waals surface area contributed by atoms with Crippen molar-refractivity contribution in [2.45, 2.75) is 41.0 Å². The molecular weight excluding hydrogens is 218 g/mol. The first kappa shape index (κ1) is 11.5. The zero-order valence-corrected chi connectivity index (χ0v) is 11.8. The minimum absolute atomic E-state index is 0.994. The van der Waals surface area contributed by atoms with E-state index in [2.05, 4.69) is 46.8 Å². The lowest BCUT2D eigenvalue weighted by Crippen LogP contribution is -1.93. The number of aromatic nitrogens is 1. The molecule has 18 heavy (non-hydrogen) atoms. The number of fused-ring (bicyclic) bond motifs is 3. The van der Waals surface area contributed by atoms with Crippen LogP contribution in [0.2, 0.25) is 0 Å². The standard InChI is InChI=1S/C17H19N/c1-9-6-14-8-16-15(7-10(2)13(5)18-16)17(14)12(4)11(9)3/h6-7H,8H2,1-5H3. The topological polar surface area (TPSA) is 12.9 Å². The number of pyridine rings is 1. The first-order chi connectivity index (χ1) is 8.49. The smallest absolute Gasteiger partial charge is 0.0529 e. The molecule has 0 radical (unpaired) electrons. The molecule has 0 amide bonds. The van der Waals surface area contributed by atoms with Crippen molar-refractivity contribution >= 4 is 0 Å². The van der Waals surface area contributed by atoms with Gasteiger partial charge in [-0.15, -0.1) is 0 Å². The molecule has 0 N–H and O–H groups in total. The summed E-state index contributed by atoms with van der Waals surface area (Å²) in [7, 11) is 0. The van der Waals surface area contributed by atoms with Gasteiger partial charge in [0.05, 0.1) is 5.69 Å². The molecule has 92 valence electrons. The van der Waals surface area contributed by atoms with Gasteiger partial charge in [0.15, 0.2) is 0 Å². The molecule has 1 aliphatic rings. The quantitative estimate of drug-likeness (QED) is 0.571. The summed E-state index contributed by atoms with van der Waals surface area (Å²) >= 11 is 0. The summed E-state index contributed by atoms with van der Waals surface area (Å²) in [5.74, 6) is 0. The van der Waals surface area contributed by atoms with Crippen LogP contribution in [0.25, 0.3) is 11.1 Å². The fourth-order valence-electron chi connectivity index (χ4n) is 2.97. The van der Waals surface area contributed by atoms with Gasteiger partial charge in [-0.3, -0.25) is 4.98 Å². The van der Waals surface area contributed by atoms with Gasteiger partial charge < -0.3 is 0 Å². The summed E-state index contributed by atoms with van der Waals surface area (Å²) in [6, 6.07) is 4.65. The maximum Gasteiger partial charge on any atom is 0.0529 e. The third-order valence-corrected chi connectivity index (χ3v) is 4.41. The Morgan fingerprint density at radius 2 is 1.61 bits per heavy atom. The van der Waals surface area contributed by atoms with E-state index >= 15 is 0 Å². The predicted molar refractivity (Wildman–Crippen MR) is 76.2 cm³/mol. The summed E-state index contributed by atoms with van der Waals surface area (Å²) in [6.07, 6.45) is 0.994. The number of rotatable bonds is 0. The average molecular weight is 237 g/mol. The van der Waals surface area contributed by atoms with Crippen LogP contribution in [0.4, 0.5) is 0 Å². The van der Waals surface area contributed by atoms with Gasteiger partial charge in [0.2, 0.25) is 0 Å². The van der Waals surface area contributed by atoms with Crippen LogP contribution < -0.4 is 0 Å². The number of nitrogens with zero attached hydrogens (tertiary/aromatic N) is 1. The van der Waals surface area contributed by atoms with Gasteiger partial charge in [-0.2, -0.15) is 0 Å². The molecule has 1 aromatic heterocycles. The molecule has 0 unspecified atom stereocenters. The summed E-state index contributed by atoms with van der Waals surface area (Å²) in [4.78, 5) is 4.77. The molecular formula is C17H19N. The molecule has 0 aliphatic heterocycles. The molecule has 2 aromatic rings. The van der Waals surface area contributed by atoms with Crippen LogP contribution in [0, 0.1) is 34.6 Å². The van der Waals surface area contributed by atoms with E-state index in [-0.39, 0.29) is 0 Å². The van der Waals surface area contributed by atoms with Crippen molar-refractivity contribution in [3.63, 3.8) is 0 Å². The number of benzene rings is 1. The molecule has 0 saturated carbocycles. The molecule has 0 spiro atoms. The second kappa shape index (κ2) is 3.68. The predicted octanol–water partition coefficient (Wildman–Crippen LogP) is 4.19. The van der Waals surface area contributed by atoms with E-state index in [1.807, 2.05) is 0 Å². The van der Waals surface area contributed by atoms with Crippen molar-refractivity contribution in [3.05, 3.63) is 51.3 Å². The monoisotopic (exact) mass is 237 g/mol. The molecule has 3 rings (SSSR count). The lowest BCUT2D eigenvalue weighted by atomic mass is 9.93. The lowest BCUT2D eigenvalue weighted by Gasteiger charge is -2.12. The van der Waals surface area contributed by atoms with Gasteiger partial charge in [0.1, 0.15) is 0 Å². The average Bonchev–Trinajstić information content (AvgIpc) is 2.64. The third-order valence-electron chi connectivity index (χ3n) is 4.41. The van der Waals surface area contributed by atoms with E-state index in [1.54, 1.807) is 0 Å². The minimum atomic E-state index is 0.994. The van der Waals surface area contributed by atoms with Crippen molar-refractivity contribution in [3.8, 4) is 11.1 Å². The largest absolute Gasteiger partial charge is 0.257 e. The fourth-order valence-corrected chi connectivity index (χ4v) is 2.97. The first-order valence-electron chi connectivity index (χ1n) is 6.56. The van der Waals surface area contributed by atoms with Gasteiger partial charge in [-0.1, -0.05) is 6.07 Å². The van der Waals surface area contributed by atoms with E-state index in [0.29, 0.717) is 0 Å². The molecule has 1 heterocycles. The maximum atomic E-state index is 4.77. The van der Waals surface area contributed by atoms with Gasteiger partial charge in [-0.25, -0.2) is 0 Å². The Kier molecular flexibility index (Phi) is 2.34. The molecule has 0 bridgehead atoms. The number of hydrogen-bond acceptors (Lipinski definition) is 1. The molecule has 0 saturated heterocycles. The molecule has 1 aliphatic carbocycles. The van der Waals surface area contributed by atoms with Crippen molar-refractivity contribution in [1.29, 1.82) is 0 Å². The zero-order valence-electron chi connectivity index (χ0n) is 11.8. The van der Waals surface area contributed by atoms with Crippen molar-refractivity contribution in [2.75, 3.05) is 0 Å². The Balaban J connectivity index is 2.34. The summed E-state index contributed by atoms with van der Waals surface area (Å²) in [6.45, 7) is 10.9. The minimum Gasteiger partial charge on any atom is -0.257 e. The summed E-state index contributed by atoms with van der Waals surface area (Å²) < 4.78 is 0. The van der Waals surface area contributed by atoms with Crippen molar-refractivity contribution in [2.24, 2.45) is 0 Å². The van der Waals surface area contributed by atoms with Gasteiger partial charge >= 0.3 is 0 Å². The highest BCUT2D eigenvalue weighted by Crippen LogP contribution is 2.40. The fraction of sp³-hybridized carbons (Fsp3) is 0.353. The van der Waals surface area contributed by atoms with Crippen LogP contribution in [0.1, 0.15) is 39.2 Å². The van der Waals surface area contributed by atoms with Crippen molar-refractivity contribution in [1.82, 2.24) is 4.98 Å². The third kappa shape index (κ3) is 1.43. The highest BCUT2D eigenvalue weighted by molar-refractivity contribution is 5.80. The van der Waals surface area contributed by atoms with Crippen molar-refractivity contribution < 1.29 is 0 Å². The van der Waals surface area contributed by atoms with Crippen LogP contribution in [-0.2, 0) is 6.42 Å². The molecule has 1 nitrogen and oxygen atoms in total. The molecule has 1 aromatic carbocycles. The molecule has 0 fully saturated rings. The second-order valence-electron chi connectivity index (χ2n) is 5.54. The SMILES string of the molecule is Cc1cc2c(nc1C)Cc1cc(C)c(C)c(C)c1-2. The first-order valence-corrected chi connectivity index (χ1v) is 6.56. The normalized spacial score (nSPS) is 12.5. The Morgan fingerprint density at radius 3 is 2.33 bits per heavy atom. The summed E-state index contributed by atoms with van der Waals surface area (Å²) in [5, 5.41) is 0. The maximum absolute atomic E-state index is 4.77. The van der Waals surface area contributed by atoms with E-state index in [0.717, 1.165) is 12.1 Å². The van der Waals surface area contributed by atoms with Crippen LogP contribution in [0.15, 0.2) is 12.1 Å². The Morgan fingerprint density at radius 1 is 0.889 bits per heavy atom. The van der Waals surface area contributed by atoms with Gasteiger partial charge in [0.25, 0.3) is 0 Å². The Hall–Kier alpha value is -1.63.